The number of amides is 1. The highest BCUT2D eigenvalue weighted by Crippen LogP contribution is 2.49. The Morgan fingerprint density at radius 3 is 2.73 bits per heavy atom. The van der Waals surface area contributed by atoms with Crippen molar-refractivity contribution >= 4 is 5.91 Å². The number of hydrogen-bond donors (Lipinski definition) is 3. The zero-order valence-corrected chi connectivity index (χ0v) is 18.8. The Labute approximate surface area is 193 Å². The predicted molar refractivity (Wildman–Crippen MR) is 123 cm³/mol. The lowest BCUT2D eigenvalue weighted by atomic mass is 9.82. The van der Waals surface area contributed by atoms with Gasteiger partial charge in [-0.05, 0) is 49.2 Å². The fourth-order valence-electron chi connectivity index (χ4n) is 5.04. The van der Waals surface area contributed by atoms with Gasteiger partial charge < -0.3 is 19.2 Å². The average Bonchev–Trinajstić information content (AvgIpc) is 3.54. The van der Waals surface area contributed by atoms with E-state index in [1.54, 1.807) is 12.3 Å². The van der Waals surface area contributed by atoms with Gasteiger partial charge in [-0.1, -0.05) is 36.8 Å². The average molecular weight is 448 g/mol. The van der Waals surface area contributed by atoms with Crippen molar-refractivity contribution in [1.82, 2.24) is 15.8 Å². The third kappa shape index (κ3) is 3.98. The topological polar surface area (TPSA) is 87.0 Å². The first-order chi connectivity index (χ1) is 16.1. The number of hydrogen-bond acceptors (Lipinski definition) is 6. The van der Waals surface area contributed by atoms with E-state index in [0.717, 1.165) is 34.6 Å². The van der Waals surface area contributed by atoms with Crippen LogP contribution in [0.1, 0.15) is 47.9 Å². The molecule has 3 heterocycles. The maximum Gasteiger partial charge on any atom is 0.242 e. The van der Waals surface area contributed by atoms with Crippen molar-refractivity contribution in [2.45, 2.75) is 44.9 Å². The van der Waals surface area contributed by atoms with Gasteiger partial charge in [0.05, 0.1) is 31.5 Å². The number of furan rings is 1. The third-order valence-corrected chi connectivity index (χ3v) is 6.51. The van der Waals surface area contributed by atoms with Crippen LogP contribution in [0.3, 0.4) is 0 Å². The van der Waals surface area contributed by atoms with Crippen molar-refractivity contribution < 1.29 is 19.1 Å². The minimum absolute atomic E-state index is 0.00317. The third-order valence-electron chi connectivity index (χ3n) is 6.51. The lowest BCUT2D eigenvalue weighted by molar-refractivity contribution is -0.131. The lowest BCUT2D eigenvalue weighted by Crippen LogP contribution is -2.41. The minimum atomic E-state index is -0.421. The highest BCUT2D eigenvalue weighted by molar-refractivity contribution is 5.86. The first kappa shape index (κ1) is 21.6. The number of ether oxygens (including phenoxy) is 1. The summed E-state index contributed by atoms with van der Waals surface area (Å²) in [5, 5.41) is 10.7. The van der Waals surface area contributed by atoms with E-state index in [-0.39, 0.29) is 29.7 Å². The number of rotatable bonds is 7. The summed E-state index contributed by atoms with van der Waals surface area (Å²) in [5.41, 5.74) is 9.33. The molecule has 4 unspecified atom stereocenters. The molecule has 2 aliphatic rings. The molecule has 1 amide bonds. The highest BCUT2D eigenvalue weighted by atomic mass is 16.5. The molecule has 0 radical (unpaired) electrons. The maximum absolute atomic E-state index is 13.6. The van der Waals surface area contributed by atoms with E-state index < -0.39 is 6.04 Å². The summed E-state index contributed by atoms with van der Waals surface area (Å²) in [4.78, 5) is 15.4. The standard InChI is InChI=1S/C26H29N3O4/c1-3-11-32-18-7-4-6-17(14-18)25-22-23(20-13-16(2)9-10-21(20)30)27-28-24(22)26(31)29(25)15-19-8-5-12-33-19/h4-10,12-14,22-25,27-28,30H,3,11,15H2,1-2H3. The molecule has 0 aliphatic carbocycles. The minimum Gasteiger partial charge on any atom is -0.508 e. The van der Waals surface area contributed by atoms with Crippen molar-refractivity contribution in [1.29, 1.82) is 0 Å². The van der Waals surface area contributed by atoms with Gasteiger partial charge in [0.1, 0.15) is 23.3 Å². The van der Waals surface area contributed by atoms with Gasteiger partial charge in [-0.2, -0.15) is 0 Å². The number of aromatic hydroxyl groups is 1. The van der Waals surface area contributed by atoms with Gasteiger partial charge in [0, 0.05) is 11.5 Å². The Balaban J connectivity index is 1.57. The molecule has 7 heteroatoms. The molecule has 7 nitrogen and oxygen atoms in total. The van der Waals surface area contributed by atoms with Crippen LogP contribution in [0.2, 0.25) is 0 Å². The van der Waals surface area contributed by atoms with Gasteiger partial charge >= 0.3 is 0 Å². The molecule has 0 saturated carbocycles. The molecule has 0 bridgehead atoms. The summed E-state index contributed by atoms with van der Waals surface area (Å²) in [6, 6.07) is 16.4. The van der Waals surface area contributed by atoms with Crippen LogP contribution in [0.4, 0.5) is 0 Å². The molecule has 2 aromatic carbocycles. The molecule has 5 rings (SSSR count). The van der Waals surface area contributed by atoms with Crippen molar-refractivity contribution in [2.24, 2.45) is 5.92 Å². The van der Waals surface area contributed by atoms with Gasteiger partial charge in [-0.3, -0.25) is 4.79 Å². The molecule has 1 aromatic heterocycles. The van der Waals surface area contributed by atoms with E-state index >= 15 is 0 Å². The second-order valence-corrected chi connectivity index (χ2v) is 8.79. The van der Waals surface area contributed by atoms with E-state index in [1.807, 2.05) is 60.4 Å². The lowest BCUT2D eigenvalue weighted by Gasteiger charge is -2.31. The fraction of sp³-hybridized carbons (Fsp3) is 0.346. The smallest absolute Gasteiger partial charge is 0.242 e. The van der Waals surface area contributed by atoms with Crippen LogP contribution in [0.5, 0.6) is 11.5 Å². The molecule has 172 valence electrons. The van der Waals surface area contributed by atoms with Crippen LogP contribution in [0, 0.1) is 12.8 Å². The number of carbonyl (C=O) groups is 1. The molecule has 3 aromatic rings. The number of nitrogens with zero attached hydrogens (tertiary/aromatic N) is 1. The van der Waals surface area contributed by atoms with Crippen LogP contribution < -0.4 is 15.6 Å². The van der Waals surface area contributed by atoms with Crippen molar-refractivity contribution in [3.63, 3.8) is 0 Å². The molecule has 4 atom stereocenters. The van der Waals surface area contributed by atoms with Crippen LogP contribution in [0.25, 0.3) is 0 Å². The van der Waals surface area contributed by atoms with Gasteiger partial charge in [0.15, 0.2) is 0 Å². The SMILES string of the molecule is CCCOc1cccc(C2C3C(NNC3c3cc(C)ccc3O)C(=O)N2Cc2ccco2)c1. The molecule has 0 spiro atoms. The van der Waals surface area contributed by atoms with Crippen molar-refractivity contribution in [2.75, 3.05) is 6.61 Å². The monoisotopic (exact) mass is 447 g/mol. The fourth-order valence-corrected chi connectivity index (χ4v) is 5.04. The molecule has 3 N–H and O–H groups in total. The van der Waals surface area contributed by atoms with E-state index in [1.165, 1.54) is 0 Å². The van der Waals surface area contributed by atoms with E-state index in [0.29, 0.717) is 13.2 Å². The Bertz CT molecular complexity index is 1130. The molecule has 2 fully saturated rings. The number of likely N-dealkylation sites (tertiary alicyclic amines) is 1. The van der Waals surface area contributed by atoms with Gasteiger partial charge in [-0.25, -0.2) is 10.9 Å². The Kier molecular flexibility index (Phi) is 5.83. The summed E-state index contributed by atoms with van der Waals surface area (Å²) < 4.78 is 11.5. The zero-order valence-electron chi connectivity index (χ0n) is 18.8. The van der Waals surface area contributed by atoms with E-state index in [9.17, 15) is 9.90 Å². The number of carbonyl (C=O) groups excluding carboxylic acids is 1. The van der Waals surface area contributed by atoms with Crippen molar-refractivity contribution in [3.05, 3.63) is 83.3 Å². The van der Waals surface area contributed by atoms with E-state index in [2.05, 4.69) is 17.8 Å². The van der Waals surface area contributed by atoms with Crippen LogP contribution >= 0.6 is 0 Å². The molecule has 33 heavy (non-hydrogen) atoms. The first-order valence-corrected chi connectivity index (χ1v) is 11.4. The molecule has 2 saturated heterocycles. The summed E-state index contributed by atoms with van der Waals surface area (Å²) in [5.74, 6) is 1.60. The molecular weight excluding hydrogens is 418 g/mol. The van der Waals surface area contributed by atoms with Crippen LogP contribution in [-0.4, -0.2) is 28.6 Å². The number of nitrogens with one attached hydrogen (secondary N) is 2. The predicted octanol–water partition coefficient (Wildman–Crippen LogP) is 4.00. The van der Waals surface area contributed by atoms with Gasteiger partial charge in [0.2, 0.25) is 5.91 Å². The zero-order chi connectivity index (χ0) is 22.9. The number of phenols is 1. The summed E-state index contributed by atoms with van der Waals surface area (Å²) in [7, 11) is 0. The van der Waals surface area contributed by atoms with E-state index in [4.69, 9.17) is 9.15 Å². The molecule has 2 aliphatic heterocycles. The largest absolute Gasteiger partial charge is 0.508 e. The van der Waals surface area contributed by atoms with Gasteiger partial charge in [0.25, 0.3) is 0 Å². The molecular formula is C26H29N3O4. The first-order valence-electron chi connectivity index (χ1n) is 11.4. The van der Waals surface area contributed by atoms with Crippen molar-refractivity contribution in [3.8, 4) is 11.5 Å². The highest BCUT2D eigenvalue weighted by Gasteiger charge is 2.56. The van der Waals surface area contributed by atoms with Gasteiger partial charge in [-0.15, -0.1) is 0 Å². The second kappa shape index (κ2) is 8.92. The number of phenolic OH excluding ortho intramolecular Hbond substituents is 1. The Morgan fingerprint density at radius 2 is 1.94 bits per heavy atom. The van der Waals surface area contributed by atoms with Crippen LogP contribution in [-0.2, 0) is 11.3 Å². The second-order valence-electron chi connectivity index (χ2n) is 8.79. The number of aryl methyl sites for hydroxylation is 1. The maximum atomic E-state index is 13.6. The quantitative estimate of drug-likeness (QED) is 0.508. The Hall–Kier alpha value is -3.29. The van der Waals surface area contributed by atoms with Crippen LogP contribution in [0.15, 0.2) is 65.3 Å². The number of benzene rings is 2. The normalized spacial score (nSPS) is 24.3. The summed E-state index contributed by atoms with van der Waals surface area (Å²) >= 11 is 0. The summed E-state index contributed by atoms with van der Waals surface area (Å²) in [6.45, 7) is 5.08. The Morgan fingerprint density at radius 1 is 1.09 bits per heavy atom. The number of hydrazine groups is 1. The number of fused-ring (bicyclic) bond motifs is 1. The summed E-state index contributed by atoms with van der Waals surface area (Å²) in [6.07, 6.45) is 2.54.